The molecule has 0 unspecified atom stereocenters. The van der Waals surface area contributed by atoms with Crippen molar-refractivity contribution in [2.45, 2.75) is 53.1 Å². The standard InChI is InChI=1S/C34H44FN9O2/c1-23(2)30(39-24-10-7-6-8-11-24)26-22-44(17-14-28(26)36)31-27(35)21-38-32(41-31)40-29-13-12-25(20-37-29)42-15-9-16-43(19-18-42)33(45)46-34(3,4)5/h6-8,10-13,20-21,23,36,39H,9,14-19,22H2,1-5H3,(H,37,38,40,41)/b30-26-,36-28?. The number of halogens is 1. The van der Waals surface area contributed by atoms with Crippen molar-refractivity contribution in [3.8, 4) is 0 Å². The Morgan fingerprint density at radius 3 is 2.46 bits per heavy atom. The molecule has 3 aromatic rings. The van der Waals surface area contributed by atoms with E-state index in [0.29, 0.717) is 50.7 Å². The largest absolute Gasteiger partial charge is 0.444 e. The first-order valence-corrected chi connectivity index (χ1v) is 15.8. The molecule has 2 aliphatic rings. The topological polar surface area (TPSA) is 123 Å². The number of allylic oxidation sites excluding steroid dienone is 1. The van der Waals surface area contributed by atoms with Crippen molar-refractivity contribution < 1.29 is 13.9 Å². The maximum absolute atomic E-state index is 15.1. The monoisotopic (exact) mass is 629 g/mol. The molecule has 244 valence electrons. The van der Waals surface area contributed by atoms with E-state index in [0.717, 1.165) is 35.6 Å². The quantitative estimate of drug-likeness (QED) is 0.270. The van der Waals surface area contributed by atoms with Gasteiger partial charge in [0, 0.05) is 68.4 Å². The van der Waals surface area contributed by atoms with Crippen molar-refractivity contribution in [2.24, 2.45) is 5.92 Å². The summed E-state index contributed by atoms with van der Waals surface area (Å²) in [5.74, 6) is 0.556. The second-order valence-corrected chi connectivity index (χ2v) is 12.9. The molecule has 5 rings (SSSR count). The van der Waals surface area contributed by atoms with Crippen molar-refractivity contribution in [1.29, 1.82) is 5.41 Å². The third-order valence-corrected chi connectivity index (χ3v) is 7.83. The van der Waals surface area contributed by atoms with Crippen LogP contribution in [0.5, 0.6) is 0 Å². The number of carbonyl (C=O) groups excluding carboxylic acids is 1. The van der Waals surface area contributed by atoms with E-state index in [-0.39, 0.29) is 23.8 Å². The van der Waals surface area contributed by atoms with Gasteiger partial charge in [-0.1, -0.05) is 32.0 Å². The number of piperidine rings is 1. The summed E-state index contributed by atoms with van der Waals surface area (Å²) < 4.78 is 20.7. The molecule has 2 saturated heterocycles. The molecule has 0 bridgehead atoms. The van der Waals surface area contributed by atoms with Gasteiger partial charge in [0.05, 0.1) is 18.1 Å². The lowest BCUT2D eigenvalue weighted by molar-refractivity contribution is 0.0263. The van der Waals surface area contributed by atoms with Gasteiger partial charge in [0.1, 0.15) is 11.4 Å². The molecule has 0 radical (unpaired) electrons. The van der Waals surface area contributed by atoms with Gasteiger partial charge in [-0.3, -0.25) is 0 Å². The summed E-state index contributed by atoms with van der Waals surface area (Å²) in [5, 5.41) is 15.3. The molecule has 2 aliphatic heterocycles. The highest BCUT2D eigenvalue weighted by Crippen LogP contribution is 2.28. The first kappa shape index (κ1) is 32.6. The SMILES string of the molecule is CC(C)/C(Nc1ccccc1)=C1\CN(c2nc(Nc3ccc(N4CCCN(C(=O)OC(C)(C)C)CC4)cn3)ncc2F)CCC1=N. The summed E-state index contributed by atoms with van der Waals surface area (Å²) in [4.78, 5) is 31.6. The third kappa shape index (κ3) is 8.29. The zero-order chi connectivity index (χ0) is 32.8. The highest BCUT2D eigenvalue weighted by molar-refractivity contribution is 6.01. The molecule has 1 aromatic carbocycles. The van der Waals surface area contributed by atoms with Crippen LogP contribution in [0.3, 0.4) is 0 Å². The van der Waals surface area contributed by atoms with Crippen molar-refractivity contribution in [1.82, 2.24) is 19.9 Å². The maximum Gasteiger partial charge on any atom is 0.410 e. The van der Waals surface area contributed by atoms with Crippen LogP contribution in [0.25, 0.3) is 0 Å². The van der Waals surface area contributed by atoms with Gasteiger partial charge in [-0.25, -0.2) is 19.2 Å². The number of carbonyl (C=O) groups is 1. The zero-order valence-electron chi connectivity index (χ0n) is 27.3. The van der Waals surface area contributed by atoms with Crippen LogP contribution in [0, 0.1) is 17.1 Å². The lowest BCUT2D eigenvalue weighted by Gasteiger charge is -2.33. The van der Waals surface area contributed by atoms with Crippen molar-refractivity contribution in [3.63, 3.8) is 0 Å². The van der Waals surface area contributed by atoms with Crippen molar-refractivity contribution in [3.05, 3.63) is 71.9 Å². The van der Waals surface area contributed by atoms with E-state index in [1.54, 1.807) is 11.1 Å². The van der Waals surface area contributed by atoms with Crippen molar-refractivity contribution >= 4 is 40.8 Å². The minimum Gasteiger partial charge on any atom is -0.444 e. The van der Waals surface area contributed by atoms with Gasteiger partial charge in [-0.05, 0) is 57.4 Å². The molecule has 12 heteroatoms. The predicted molar refractivity (Wildman–Crippen MR) is 181 cm³/mol. The van der Waals surface area contributed by atoms with Gasteiger partial charge >= 0.3 is 6.09 Å². The number of nitrogens with one attached hydrogen (secondary N) is 3. The van der Waals surface area contributed by atoms with Gasteiger partial charge in [0.15, 0.2) is 11.6 Å². The number of aromatic nitrogens is 3. The van der Waals surface area contributed by atoms with Crippen LogP contribution in [-0.2, 0) is 4.74 Å². The van der Waals surface area contributed by atoms with Gasteiger partial charge in [0.2, 0.25) is 5.95 Å². The smallest absolute Gasteiger partial charge is 0.410 e. The molecule has 0 aliphatic carbocycles. The van der Waals surface area contributed by atoms with Crippen molar-refractivity contribution in [2.75, 3.05) is 59.7 Å². The minimum atomic E-state index is -0.528. The lowest BCUT2D eigenvalue weighted by Crippen LogP contribution is -2.39. The van der Waals surface area contributed by atoms with Gasteiger partial charge in [0.25, 0.3) is 0 Å². The van der Waals surface area contributed by atoms with Gasteiger partial charge in [-0.15, -0.1) is 0 Å². The summed E-state index contributed by atoms with van der Waals surface area (Å²) in [6.45, 7) is 13.3. The van der Waals surface area contributed by atoms with E-state index in [9.17, 15) is 4.79 Å². The summed E-state index contributed by atoms with van der Waals surface area (Å²) in [6, 6.07) is 13.7. The van der Waals surface area contributed by atoms with Crippen LogP contribution in [0.2, 0.25) is 0 Å². The predicted octanol–water partition coefficient (Wildman–Crippen LogP) is 6.45. The number of ether oxygens (including phenoxy) is 1. The van der Waals surface area contributed by atoms with E-state index in [1.165, 1.54) is 6.20 Å². The molecule has 46 heavy (non-hydrogen) atoms. The van der Waals surface area contributed by atoms with Crippen LogP contribution in [0.1, 0.15) is 47.5 Å². The first-order valence-electron chi connectivity index (χ1n) is 15.8. The Hall–Kier alpha value is -4.74. The highest BCUT2D eigenvalue weighted by Gasteiger charge is 2.27. The van der Waals surface area contributed by atoms with Crippen LogP contribution < -0.4 is 20.4 Å². The number of hydrogen-bond acceptors (Lipinski definition) is 10. The normalized spacial score (nSPS) is 17.1. The highest BCUT2D eigenvalue weighted by atomic mass is 19.1. The molecule has 0 spiro atoms. The second kappa shape index (κ2) is 14.1. The zero-order valence-corrected chi connectivity index (χ0v) is 27.3. The number of rotatable bonds is 7. The number of para-hydroxylation sites is 1. The molecule has 1 amide bonds. The van der Waals surface area contributed by atoms with Crippen LogP contribution in [-0.4, -0.2) is 76.5 Å². The molecule has 2 fully saturated rings. The molecule has 11 nitrogen and oxygen atoms in total. The Bertz CT molecular complexity index is 1560. The summed E-state index contributed by atoms with van der Waals surface area (Å²) in [5.41, 5.74) is 3.69. The average Bonchev–Trinajstić information content (AvgIpc) is 3.28. The molecular formula is C34H44FN9O2. The number of pyridine rings is 1. The Balaban J connectivity index is 1.26. The Labute approximate surface area is 270 Å². The molecule has 4 heterocycles. The average molecular weight is 630 g/mol. The molecule has 3 N–H and O–H groups in total. The third-order valence-electron chi connectivity index (χ3n) is 7.83. The molecule has 0 atom stereocenters. The van der Waals surface area contributed by atoms with Crippen LogP contribution in [0.15, 0.2) is 66.1 Å². The maximum atomic E-state index is 15.1. The molecule has 2 aromatic heterocycles. The number of hydrogen-bond donors (Lipinski definition) is 3. The number of anilines is 5. The van der Waals surface area contributed by atoms with E-state index < -0.39 is 11.4 Å². The Kier molecular flexibility index (Phi) is 10.0. The fourth-order valence-electron chi connectivity index (χ4n) is 5.52. The summed E-state index contributed by atoms with van der Waals surface area (Å²) >= 11 is 0. The minimum absolute atomic E-state index is 0.134. The Morgan fingerprint density at radius 1 is 0.978 bits per heavy atom. The van der Waals surface area contributed by atoms with E-state index in [1.807, 2.05) is 68.1 Å². The van der Waals surface area contributed by atoms with Gasteiger partial charge < -0.3 is 35.5 Å². The second-order valence-electron chi connectivity index (χ2n) is 12.9. The van der Waals surface area contributed by atoms with Crippen LogP contribution in [0.4, 0.5) is 38.1 Å². The molecule has 0 saturated carbocycles. The summed E-state index contributed by atoms with van der Waals surface area (Å²) in [7, 11) is 0. The molecular weight excluding hydrogens is 585 g/mol. The lowest BCUT2D eigenvalue weighted by atomic mass is 9.95. The van der Waals surface area contributed by atoms with E-state index in [4.69, 9.17) is 10.1 Å². The summed E-state index contributed by atoms with van der Waals surface area (Å²) in [6.07, 6.45) is 3.95. The Morgan fingerprint density at radius 2 is 1.76 bits per heavy atom. The number of benzene rings is 1. The number of amides is 1. The van der Waals surface area contributed by atoms with Crippen LogP contribution >= 0.6 is 0 Å². The van der Waals surface area contributed by atoms with Gasteiger partial charge in [-0.2, -0.15) is 4.98 Å². The number of nitrogens with zero attached hydrogens (tertiary/aromatic N) is 6. The van der Waals surface area contributed by atoms with E-state index in [2.05, 4.69) is 44.3 Å². The van der Waals surface area contributed by atoms with E-state index >= 15 is 4.39 Å². The fraction of sp³-hybridized carbons (Fsp3) is 0.441. The first-order chi connectivity index (χ1) is 22.0. The fourth-order valence-corrected chi connectivity index (χ4v) is 5.52.